The summed E-state index contributed by atoms with van der Waals surface area (Å²) in [5.74, 6) is 0. The Balaban J connectivity index is 2.27. The Labute approximate surface area is 109 Å². The van der Waals surface area contributed by atoms with Gasteiger partial charge in [-0.15, -0.1) is 0 Å². The summed E-state index contributed by atoms with van der Waals surface area (Å²) < 4.78 is 1.88. The molecule has 2 aromatic rings. The van der Waals surface area contributed by atoms with Crippen molar-refractivity contribution in [2.75, 3.05) is 0 Å². The van der Waals surface area contributed by atoms with Crippen molar-refractivity contribution in [1.29, 1.82) is 0 Å². The molecule has 0 atom stereocenters. The standard InChI is InChI=1S/C14H12BrNO/c1-11-2-8-14(9-3-11)16(17)10-12-4-6-13(15)7-5-12/h2-10H,1H3/b16-10-. The molecule has 0 aliphatic carbocycles. The molecule has 0 unspecified atom stereocenters. The average Bonchev–Trinajstić information content (AvgIpc) is 2.33. The van der Waals surface area contributed by atoms with Gasteiger partial charge in [0.2, 0.25) is 5.69 Å². The van der Waals surface area contributed by atoms with E-state index < -0.39 is 0 Å². The Kier molecular flexibility index (Phi) is 3.59. The summed E-state index contributed by atoms with van der Waals surface area (Å²) >= 11 is 3.36. The molecule has 0 bridgehead atoms. The monoisotopic (exact) mass is 289 g/mol. The smallest absolute Gasteiger partial charge is 0.216 e. The maximum atomic E-state index is 11.9. The minimum Gasteiger partial charge on any atom is -0.618 e. The number of hydrogen-bond acceptors (Lipinski definition) is 1. The van der Waals surface area contributed by atoms with Crippen LogP contribution in [0.2, 0.25) is 0 Å². The van der Waals surface area contributed by atoms with Crippen LogP contribution in [-0.2, 0) is 0 Å². The second-order valence-electron chi connectivity index (χ2n) is 3.84. The predicted octanol–water partition coefficient (Wildman–Crippen LogP) is 4.02. The minimum atomic E-state index is 0.638. The molecule has 0 fully saturated rings. The number of nitrogens with zero attached hydrogens (tertiary/aromatic N) is 1. The Bertz CT molecular complexity index is 529. The largest absolute Gasteiger partial charge is 0.618 e. The molecule has 86 valence electrons. The molecule has 0 amide bonds. The molecule has 0 saturated heterocycles. The van der Waals surface area contributed by atoms with E-state index in [1.807, 2.05) is 55.5 Å². The first-order valence-corrected chi connectivity index (χ1v) is 6.08. The van der Waals surface area contributed by atoms with E-state index in [2.05, 4.69) is 15.9 Å². The van der Waals surface area contributed by atoms with Gasteiger partial charge in [0.05, 0.1) is 0 Å². The molecular weight excluding hydrogens is 278 g/mol. The normalized spacial score (nSPS) is 11.5. The molecule has 0 aliphatic heterocycles. The highest BCUT2D eigenvalue weighted by molar-refractivity contribution is 9.10. The van der Waals surface area contributed by atoms with Gasteiger partial charge in [-0.05, 0) is 31.2 Å². The van der Waals surface area contributed by atoms with E-state index in [0.717, 1.165) is 20.3 Å². The first kappa shape index (κ1) is 11.9. The molecule has 0 aliphatic rings. The third-order valence-corrected chi connectivity index (χ3v) is 2.95. The maximum Gasteiger partial charge on any atom is 0.216 e. The van der Waals surface area contributed by atoms with Gasteiger partial charge in [0.1, 0.15) is 0 Å². The molecule has 0 saturated carbocycles. The van der Waals surface area contributed by atoms with Crippen molar-refractivity contribution in [3.05, 3.63) is 69.3 Å². The zero-order valence-electron chi connectivity index (χ0n) is 9.43. The van der Waals surface area contributed by atoms with Crippen LogP contribution in [-0.4, -0.2) is 11.0 Å². The Hall–Kier alpha value is -1.61. The van der Waals surface area contributed by atoms with E-state index in [0.29, 0.717) is 5.69 Å². The fraction of sp³-hybridized carbons (Fsp3) is 0.0714. The highest BCUT2D eigenvalue weighted by Crippen LogP contribution is 2.13. The second-order valence-corrected chi connectivity index (χ2v) is 4.76. The van der Waals surface area contributed by atoms with Crippen LogP contribution in [0.15, 0.2) is 53.0 Å². The number of hydrogen-bond donors (Lipinski definition) is 0. The van der Waals surface area contributed by atoms with E-state index in [4.69, 9.17) is 0 Å². The number of rotatable bonds is 2. The van der Waals surface area contributed by atoms with E-state index in [-0.39, 0.29) is 0 Å². The molecule has 0 spiro atoms. The molecule has 0 radical (unpaired) electrons. The number of aryl methyl sites for hydroxylation is 1. The zero-order chi connectivity index (χ0) is 12.3. The molecule has 0 aromatic heterocycles. The van der Waals surface area contributed by atoms with Crippen LogP contribution < -0.4 is 0 Å². The number of benzene rings is 2. The fourth-order valence-corrected chi connectivity index (χ4v) is 1.71. The first-order valence-electron chi connectivity index (χ1n) is 5.28. The van der Waals surface area contributed by atoms with Crippen LogP contribution >= 0.6 is 15.9 Å². The highest BCUT2D eigenvalue weighted by Gasteiger charge is 2.00. The van der Waals surface area contributed by atoms with Crippen molar-refractivity contribution in [3.63, 3.8) is 0 Å². The SMILES string of the molecule is Cc1ccc(/[N+]([O-])=C/c2ccc(Br)cc2)cc1. The summed E-state index contributed by atoms with van der Waals surface area (Å²) in [6.45, 7) is 2.00. The van der Waals surface area contributed by atoms with E-state index >= 15 is 0 Å². The summed E-state index contributed by atoms with van der Waals surface area (Å²) in [7, 11) is 0. The van der Waals surface area contributed by atoms with Crippen LogP contribution in [0.1, 0.15) is 11.1 Å². The van der Waals surface area contributed by atoms with E-state index in [1.54, 1.807) is 6.21 Å². The molecule has 17 heavy (non-hydrogen) atoms. The summed E-state index contributed by atoms with van der Waals surface area (Å²) in [5, 5.41) is 11.9. The molecule has 0 N–H and O–H groups in total. The first-order chi connectivity index (χ1) is 8.15. The topological polar surface area (TPSA) is 26.1 Å². The number of halogens is 1. The zero-order valence-corrected chi connectivity index (χ0v) is 11.0. The lowest BCUT2D eigenvalue weighted by atomic mass is 10.2. The van der Waals surface area contributed by atoms with Crippen molar-refractivity contribution >= 4 is 27.8 Å². The fourth-order valence-electron chi connectivity index (χ4n) is 1.45. The van der Waals surface area contributed by atoms with Gasteiger partial charge in [-0.3, -0.25) is 0 Å². The van der Waals surface area contributed by atoms with Crippen LogP contribution in [0.3, 0.4) is 0 Å². The van der Waals surface area contributed by atoms with Gasteiger partial charge in [-0.1, -0.05) is 33.6 Å². The Morgan fingerprint density at radius 1 is 1.00 bits per heavy atom. The van der Waals surface area contributed by atoms with Crippen molar-refractivity contribution in [2.24, 2.45) is 0 Å². The van der Waals surface area contributed by atoms with Crippen molar-refractivity contribution in [2.45, 2.75) is 6.92 Å². The second kappa shape index (κ2) is 5.15. The average molecular weight is 290 g/mol. The van der Waals surface area contributed by atoms with E-state index in [9.17, 15) is 5.21 Å². The lowest BCUT2D eigenvalue weighted by Crippen LogP contribution is -1.98. The van der Waals surface area contributed by atoms with Gasteiger partial charge in [-0.2, -0.15) is 4.74 Å². The van der Waals surface area contributed by atoms with Crippen LogP contribution in [0.25, 0.3) is 0 Å². The molecular formula is C14H12BrNO. The minimum absolute atomic E-state index is 0.638. The summed E-state index contributed by atoms with van der Waals surface area (Å²) in [5.41, 5.74) is 2.66. The lowest BCUT2D eigenvalue weighted by molar-refractivity contribution is -0.354. The molecule has 0 heterocycles. The van der Waals surface area contributed by atoms with Gasteiger partial charge < -0.3 is 5.21 Å². The maximum absolute atomic E-state index is 11.9. The molecule has 2 rings (SSSR count). The summed E-state index contributed by atoms with van der Waals surface area (Å²) in [6.07, 6.45) is 1.57. The highest BCUT2D eigenvalue weighted by atomic mass is 79.9. The van der Waals surface area contributed by atoms with Crippen LogP contribution in [0.5, 0.6) is 0 Å². The van der Waals surface area contributed by atoms with Crippen molar-refractivity contribution in [1.82, 2.24) is 0 Å². The Morgan fingerprint density at radius 2 is 1.59 bits per heavy atom. The summed E-state index contributed by atoms with van der Waals surface area (Å²) in [6, 6.07) is 15.1. The van der Waals surface area contributed by atoms with Gasteiger partial charge in [0, 0.05) is 22.2 Å². The predicted molar refractivity (Wildman–Crippen MR) is 73.8 cm³/mol. The third-order valence-electron chi connectivity index (χ3n) is 2.42. The third kappa shape index (κ3) is 3.17. The van der Waals surface area contributed by atoms with Crippen molar-refractivity contribution in [3.8, 4) is 0 Å². The van der Waals surface area contributed by atoms with Crippen LogP contribution in [0, 0.1) is 12.1 Å². The molecule has 2 aromatic carbocycles. The Morgan fingerprint density at radius 3 is 2.18 bits per heavy atom. The molecule has 2 nitrogen and oxygen atoms in total. The van der Waals surface area contributed by atoms with Crippen molar-refractivity contribution < 1.29 is 4.74 Å². The lowest BCUT2D eigenvalue weighted by Gasteiger charge is -2.03. The van der Waals surface area contributed by atoms with Gasteiger partial charge in [-0.25, -0.2) is 0 Å². The van der Waals surface area contributed by atoms with Gasteiger partial charge in [0.15, 0.2) is 6.21 Å². The van der Waals surface area contributed by atoms with Crippen LogP contribution in [0.4, 0.5) is 5.69 Å². The van der Waals surface area contributed by atoms with E-state index in [1.165, 1.54) is 0 Å². The van der Waals surface area contributed by atoms with Gasteiger partial charge >= 0.3 is 0 Å². The quantitative estimate of drug-likeness (QED) is 0.355. The molecule has 3 heteroatoms. The van der Waals surface area contributed by atoms with Gasteiger partial charge in [0.25, 0.3) is 0 Å². The summed E-state index contributed by atoms with van der Waals surface area (Å²) in [4.78, 5) is 0.